The normalized spacial score (nSPS) is 22.3. The molecule has 9 heavy (non-hydrogen) atoms. The van der Waals surface area contributed by atoms with E-state index in [9.17, 15) is 0 Å². The summed E-state index contributed by atoms with van der Waals surface area (Å²) in [6.45, 7) is 4.09. The maximum Gasteiger partial charge on any atom is 0.244 e. The Bertz CT molecular complexity index is 140. The van der Waals surface area contributed by atoms with Crippen molar-refractivity contribution in [2.75, 3.05) is 6.54 Å². The smallest absolute Gasteiger partial charge is 0.244 e. The van der Waals surface area contributed by atoms with Gasteiger partial charge in [0.15, 0.2) is 0 Å². The van der Waals surface area contributed by atoms with Crippen LogP contribution in [0.4, 0.5) is 0 Å². The molecule has 0 bridgehead atoms. The third-order valence-electron chi connectivity index (χ3n) is 1.05. The first-order chi connectivity index (χ1) is 4.14. The van der Waals surface area contributed by atoms with Crippen LogP contribution in [0.2, 0.25) is 0 Å². The average molecular weight is 129 g/mol. The van der Waals surface area contributed by atoms with E-state index >= 15 is 0 Å². The number of hydrogen-bond acceptors (Lipinski definition) is 3. The van der Waals surface area contributed by atoms with E-state index < -0.39 is 5.79 Å². The van der Waals surface area contributed by atoms with Crippen LogP contribution in [0.15, 0.2) is 12.0 Å². The van der Waals surface area contributed by atoms with Gasteiger partial charge in [-0.3, -0.25) is 0 Å². The lowest BCUT2D eigenvalue weighted by Gasteiger charge is -2.17. The highest BCUT2D eigenvalue weighted by molar-refractivity contribution is 4.95. The molecule has 0 aromatic rings. The molecular formula is C6H11NO2. The summed E-state index contributed by atoms with van der Waals surface area (Å²) in [5.74, 6) is 0.203. The molecule has 0 radical (unpaired) electrons. The zero-order valence-corrected chi connectivity index (χ0v) is 5.68. The zero-order valence-electron chi connectivity index (χ0n) is 5.68. The number of rotatable bonds is 1. The van der Waals surface area contributed by atoms with Crippen LogP contribution in [-0.4, -0.2) is 12.3 Å². The van der Waals surface area contributed by atoms with Crippen LogP contribution >= 0.6 is 0 Å². The molecule has 1 heterocycles. The molecule has 0 aromatic heterocycles. The fraction of sp³-hybridized carbons (Fsp3) is 0.667. The summed E-state index contributed by atoms with van der Waals surface area (Å²) in [6.07, 6.45) is 1.56. The predicted octanol–water partition coefficient (Wildman–Crippen LogP) is 0.569. The Kier molecular flexibility index (Phi) is 1.37. The van der Waals surface area contributed by atoms with Crippen LogP contribution in [0.1, 0.15) is 13.8 Å². The topological polar surface area (TPSA) is 44.5 Å². The van der Waals surface area contributed by atoms with Gasteiger partial charge in [0.05, 0.1) is 6.54 Å². The van der Waals surface area contributed by atoms with Gasteiger partial charge in [-0.2, -0.15) is 0 Å². The quantitative estimate of drug-likeness (QED) is 0.563. The van der Waals surface area contributed by atoms with Gasteiger partial charge in [0, 0.05) is 13.8 Å². The zero-order chi connectivity index (χ0) is 6.91. The molecule has 0 saturated carbocycles. The van der Waals surface area contributed by atoms with Crippen LogP contribution in [0.3, 0.4) is 0 Å². The first-order valence-electron chi connectivity index (χ1n) is 2.90. The second-order valence-electron chi connectivity index (χ2n) is 2.41. The van der Waals surface area contributed by atoms with E-state index in [1.165, 1.54) is 0 Å². The highest BCUT2D eigenvalue weighted by Crippen LogP contribution is 2.22. The van der Waals surface area contributed by atoms with E-state index in [-0.39, 0.29) is 0 Å². The Morgan fingerprint density at radius 3 is 2.56 bits per heavy atom. The Morgan fingerprint density at radius 2 is 2.33 bits per heavy atom. The van der Waals surface area contributed by atoms with Crippen molar-refractivity contribution in [3.8, 4) is 0 Å². The van der Waals surface area contributed by atoms with Crippen LogP contribution in [-0.2, 0) is 9.47 Å². The highest BCUT2D eigenvalue weighted by atomic mass is 16.7. The molecule has 3 heteroatoms. The molecule has 0 unspecified atom stereocenters. The fourth-order valence-electron chi connectivity index (χ4n) is 0.661. The van der Waals surface area contributed by atoms with Crippen LogP contribution in [0, 0.1) is 0 Å². The van der Waals surface area contributed by atoms with Gasteiger partial charge < -0.3 is 15.2 Å². The van der Waals surface area contributed by atoms with E-state index in [2.05, 4.69) is 0 Å². The van der Waals surface area contributed by atoms with E-state index in [1.807, 2.05) is 13.8 Å². The third-order valence-corrected chi connectivity index (χ3v) is 1.05. The average Bonchev–Trinajstić information content (AvgIpc) is 2.10. The summed E-state index contributed by atoms with van der Waals surface area (Å²) in [7, 11) is 0. The standard InChI is InChI=1S/C6H11NO2/c1-6(2)8-4-5(3-7)9-6/h4H,3,7H2,1-2H3. The minimum Gasteiger partial charge on any atom is -0.457 e. The molecule has 0 fully saturated rings. The Morgan fingerprint density at radius 1 is 1.67 bits per heavy atom. The molecular weight excluding hydrogens is 118 g/mol. The van der Waals surface area contributed by atoms with Gasteiger partial charge in [-0.05, 0) is 0 Å². The van der Waals surface area contributed by atoms with Crippen molar-refractivity contribution >= 4 is 0 Å². The largest absolute Gasteiger partial charge is 0.457 e. The highest BCUT2D eigenvalue weighted by Gasteiger charge is 2.26. The lowest BCUT2D eigenvalue weighted by Crippen LogP contribution is -2.21. The van der Waals surface area contributed by atoms with E-state index in [1.54, 1.807) is 6.26 Å². The molecule has 2 N–H and O–H groups in total. The molecule has 1 rings (SSSR count). The van der Waals surface area contributed by atoms with Crippen molar-refractivity contribution < 1.29 is 9.47 Å². The molecule has 0 aliphatic carbocycles. The molecule has 1 aliphatic heterocycles. The summed E-state index contributed by atoms with van der Waals surface area (Å²) in [5.41, 5.74) is 5.28. The van der Waals surface area contributed by atoms with Crippen LogP contribution < -0.4 is 5.73 Å². The summed E-state index contributed by atoms with van der Waals surface area (Å²) < 4.78 is 10.3. The third kappa shape index (κ3) is 1.36. The SMILES string of the molecule is CC1(C)OC=C(CN)O1. The molecule has 0 aromatic carbocycles. The van der Waals surface area contributed by atoms with E-state index in [0.29, 0.717) is 12.3 Å². The van der Waals surface area contributed by atoms with Gasteiger partial charge in [0.1, 0.15) is 12.0 Å². The van der Waals surface area contributed by atoms with Crippen molar-refractivity contribution in [2.45, 2.75) is 19.6 Å². The lowest BCUT2D eigenvalue weighted by atomic mass is 10.4. The summed E-state index contributed by atoms with van der Waals surface area (Å²) >= 11 is 0. The van der Waals surface area contributed by atoms with Gasteiger partial charge in [-0.25, -0.2) is 0 Å². The van der Waals surface area contributed by atoms with Crippen molar-refractivity contribution in [1.82, 2.24) is 0 Å². The van der Waals surface area contributed by atoms with Crippen LogP contribution in [0.25, 0.3) is 0 Å². The van der Waals surface area contributed by atoms with Gasteiger partial charge in [-0.15, -0.1) is 0 Å². The maximum absolute atomic E-state index is 5.28. The second-order valence-corrected chi connectivity index (χ2v) is 2.41. The monoisotopic (exact) mass is 129 g/mol. The number of hydrogen-bond donors (Lipinski definition) is 1. The molecule has 52 valence electrons. The first-order valence-corrected chi connectivity index (χ1v) is 2.90. The Labute approximate surface area is 54.4 Å². The van der Waals surface area contributed by atoms with Crippen molar-refractivity contribution in [1.29, 1.82) is 0 Å². The van der Waals surface area contributed by atoms with Crippen LogP contribution in [0.5, 0.6) is 0 Å². The fourth-order valence-corrected chi connectivity index (χ4v) is 0.661. The van der Waals surface area contributed by atoms with Crippen molar-refractivity contribution in [2.24, 2.45) is 5.73 Å². The number of nitrogens with two attached hydrogens (primary N) is 1. The molecule has 0 atom stereocenters. The molecule has 3 nitrogen and oxygen atoms in total. The lowest BCUT2D eigenvalue weighted by molar-refractivity contribution is -0.116. The molecule has 0 amide bonds. The van der Waals surface area contributed by atoms with E-state index in [4.69, 9.17) is 15.2 Å². The predicted molar refractivity (Wildman–Crippen MR) is 33.4 cm³/mol. The van der Waals surface area contributed by atoms with Crippen molar-refractivity contribution in [3.05, 3.63) is 12.0 Å². The second kappa shape index (κ2) is 1.92. The molecule has 1 aliphatic rings. The van der Waals surface area contributed by atoms with Crippen molar-refractivity contribution in [3.63, 3.8) is 0 Å². The van der Waals surface area contributed by atoms with E-state index in [0.717, 1.165) is 0 Å². The van der Waals surface area contributed by atoms with Gasteiger partial charge >= 0.3 is 0 Å². The number of ether oxygens (including phenoxy) is 2. The summed E-state index contributed by atoms with van der Waals surface area (Å²) in [4.78, 5) is 0. The minimum atomic E-state index is -0.505. The minimum absolute atomic E-state index is 0.406. The maximum atomic E-state index is 5.28. The Balaban J connectivity index is 2.50. The van der Waals surface area contributed by atoms with Gasteiger partial charge in [0.25, 0.3) is 0 Å². The summed E-state index contributed by atoms with van der Waals surface area (Å²) in [5, 5.41) is 0. The van der Waals surface area contributed by atoms with Gasteiger partial charge in [-0.1, -0.05) is 0 Å². The van der Waals surface area contributed by atoms with Gasteiger partial charge in [0.2, 0.25) is 5.79 Å². The molecule has 0 saturated heterocycles. The summed E-state index contributed by atoms with van der Waals surface area (Å²) in [6, 6.07) is 0. The molecule has 0 spiro atoms. The Hall–Kier alpha value is -0.700. The first kappa shape index (κ1) is 6.42.